The van der Waals surface area contributed by atoms with Gasteiger partial charge in [-0.1, -0.05) is 49.7 Å². The van der Waals surface area contributed by atoms with Gasteiger partial charge >= 0.3 is 0 Å². The van der Waals surface area contributed by atoms with Gasteiger partial charge in [0, 0.05) is 12.6 Å². The van der Waals surface area contributed by atoms with E-state index in [4.69, 9.17) is 0 Å². The highest BCUT2D eigenvalue weighted by atomic mass is 19.2. The Labute approximate surface area is 185 Å². The fraction of sp³-hybridized carbons (Fsp3) is 0.519. The maximum atomic E-state index is 14.0. The van der Waals surface area contributed by atoms with Crippen molar-refractivity contribution in [3.8, 4) is 6.07 Å². The number of halogens is 2. The van der Waals surface area contributed by atoms with Gasteiger partial charge in [-0.05, 0) is 81.2 Å². The van der Waals surface area contributed by atoms with Gasteiger partial charge < -0.3 is 4.90 Å². The van der Waals surface area contributed by atoms with Crippen molar-refractivity contribution in [2.24, 2.45) is 5.92 Å². The highest BCUT2D eigenvalue weighted by Gasteiger charge is 2.44. The summed E-state index contributed by atoms with van der Waals surface area (Å²) in [5.41, 5.74) is 1.23. The minimum Gasteiger partial charge on any atom is -0.300 e. The molecule has 3 rings (SSSR count). The van der Waals surface area contributed by atoms with Crippen LogP contribution in [0.4, 0.5) is 8.78 Å². The second-order valence-electron chi connectivity index (χ2n) is 9.00. The molecular formula is C27H34F2N2. The normalized spacial score (nSPS) is 17.0. The van der Waals surface area contributed by atoms with Gasteiger partial charge in [-0.2, -0.15) is 5.26 Å². The van der Waals surface area contributed by atoms with E-state index in [2.05, 4.69) is 49.1 Å². The molecule has 1 aliphatic carbocycles. The van der Waals surface area contributed by atoms with E-state index in [1.165, 1.54) is 17.7 Å². The standard InChI is InChI=1S/C27H34F2N2/c1-3-17-31(18-15-22-8-5-4-6-9-22)21(2)14-16-27(20-30,23-10-7-11-23)24-12-13-25(28)26(29)19-24/h4-6,8-9,12-13,19,21,23H,3,7,10-11,14-18H2,1-2H3. The minimum atomic E-state index is -0.861. The Balaban J connectivity index is 1.72. The number of rotatable bonds is 11. The van der Waals surface area contributed by atoms with Crippen molar-refractivity contribution in [2.75, 3.05) is 13.1 Å². The average Bonchev–Trinajstić information content (AvgIpc) is 2.75. The minimum absolute atomic E-state index is 0.221. The monoisotopic (exact) mass is 424 g/mol. The summed E-state index contributed by atoms with van der Waals surface area (Å²) in [4.78, 5) is 2.50. The number of nitriles is 1. The molecule has 1 saturated carbocycles. The topological polar surface area (TPSA) is 27.0 Å². The van der Waals surface area contributed by atoms with Crippen LogP contribution in [-0.2, 0) is 11.8 Å². The zero-order chi connectivity index (χ0) is 22.3. The van der Waals surface area contributed by atoms with Crippen molar-refractivity contribution in [1.29, 1.82) is 5.26 Å². The number of hydrogen-bond donors (Lipinski definition) is 0. The molecular weight excluding hydrogens is 390 g/mol. The maximum absolute atomic E-state index is 14.0. The second-order valence-corrected chi connectivity index (χ2v) is 9.00. The van der Waals surface area contributed by atoms with Gasteiger partial charge in [-0.3, -0.25) is 0 Å². The van der Waals surface area contributed by atoms with Crippen molar-refractivity contribution in [1.82, 2.24) is 4.90 Å². The molecule has 0 bridgehead atoms. The van der Waals surface area contributed by atoms with E-state index in [-0.39, 0.29) is 5.92 Å². The van der Waals surface area contributed by atoms with Gasteiger partial charge in [0.1, 0.15) is 0 Å². The Hall–Kier alpha value is -2.25. The van der Waals surface area contributed by atoms with E-state index < -0.39 is 17.0 Å². The molecule has 0 aromatic heterocycles. The summed E-state index contributed by atoms with van der Waals surface area (Å²) < 4.78 is 27.6. The van der Waals surface area contributed by atoms with E-state index in [9.17, 15) is 14.0 Å². The summed E-state index contributed by atoms with van der Waals surface area (Å²) in [6.45, 7) is 6.42. The third-order valence-corrected chi connectivity index (χ3v) is 7.06. The molecule has 0 N–H and O–H groups in total. The van der Waals surface area contributed by atoms with Gasteiger partial charge in [0.05, 0.1) is 11.5 Å². The summed E-state index contributed by atoms with van der Waals surface area (Å²) in [5.74, 6) is -1.49. The zero-order valence-corrected chi connectivity index (χ0v) is 18.8. The van der Waals surface area contributed by atoms with E-state index in [1.54, 1.807) is 6.07 Å². The first-order chi connectivity index (χ1) is 15.0. The van der Waals surface area contributed by atoms with Crippen LogP contribution in [0.25, 0.3) is 0 Å². The van der Waals surface area contributed by atoms with E-state index >= 15 is 0 Å². The van der Waals surface area contributed by atoms with Crippen molar-refractivity contribution >= 4 is 0 Å². The first kappa shape index (κ1) is 23.4. The van der Waals surface area contributed by atoms with Crippen LogP contribution in [0.1, 0.15) is 63.5 Å². The Kier molecular flexibility index (Phi) is 8.21. The van der Waals surface area contributed by atoms with Crippen molar-refractivity contribution in [2.45, 2.75) is 70.3 Å². The predicted molar refractivity (Wildman–Crippen MR) is 122 cm³/mol. The summed E-state index contributed by atoms with van der Waals surface area (Å²) in [5, 5.41) is 10.3. The Morgan fingerprint density at radius 2 is 1.84 bits per heavy atom. The molecule has 2 nitrogen and oxygen atoms in total. The van der Waals surface area contributed by atoms with Gasteiger partial charge in [0.2, 0.25) is 0 Å². The fourth-order valence-electron chi connectivity index (χ4n) is 4.85. The Morgan fingerprint density at radius 3 is 2.42 bits per heavy atom. The molecule has 166 valence electrons. The van der Waals surface area contributed by atoms with Crippen LogP contribution >= 0.6 is 0 Å². The van der Waals surface area contributed by atoms with Crippen LogP contribution in [0.3, 0.4) is 0 Å². The van der Waals surface area contributed by atoms with Crippen molar-refractivity contribution in [3.63, 3.8) is 0 Å². The highest BCUT2D eigenvalue weighted by molar-refractivity contribution is 5.35. The first-order valence-corrected chi connectivity index (χ1v) is 11.6. The molecule has 1 fully saturated rings. The molecule has 0 spiro atoms. The lowest BCUT2D eigenvalue weighted by Crippen LogP contribution is -2.41. The fourth-order valence-corrected chi connectivity index (χ4v) is 4.85. The van der Waals surface area contributed by atoms with Gasteiger partial charge in [0.15, 0.2) is 11.6 Å². The quantitative estimate of drug-likeness (QED) is 0.404. The van der Waals surface area contributed by atoms with Crippen molar-refractivity contribution < 1.29 is 8.78 Å². The molecule has 31 heavy (non-hydrogen) atoms. The highest BCUT2D eigenvalue weighted by Crippen LogP contribution is 2.47. The summed E-state index contributed by atoms with van der Waals surface area (Å²) in [7, 11) is 0. The van der Waals surface area contributed by atoms with E-state index in [1.807, 2.05) is 6.07 Å². The average molecular weight is 425 g/mol. The number of hydrogen-bond acceptors (Lipinski definition) is 2. The first-order valence-electron chi connectivity index (χ1n) is 11.6. The summed E-state index contributed by atoms with van der Waals surface area (Å²) in [6, 6.07) is 17.4. The molecule has 2 aromatic rings. The molecule has 0 amide bonds. The van der Waals surface area contributed by atoms with Crippen LogP contribution in [0.2, 0.25) is 0 Å². The number of nitrogens with zero attached hydrogens (tertiary/aromatic N) is 2. The second kappa shape index (κ2) is 10.9. The molecule has 0 saturated heterocycles. The third kappa shape index (κ3) is 5.52. The molecule has 0 aliphatic heterocycles. The SMILES string of the molecule is CCCN(CCc1ccccc1)C(C)CCC(C#N)(c1ccc(F)c(F)c1)C1CCC1. The van der Waals surface area contributed by atoms with Gasteiger partial charge in [-0.15, -0.1) is 0 Å². The molecule has 2 unspecified atom stereocenters. The lowest BCUT2D eigenvalue weighted by atomic mass is 9.60. The maximum Gasteiger partial charge on any atom is 0.159 e. The smallest absolute Gasteiger partial charge is 0.159 e. The molecule has 2 aromatic carbocycles. The predicted octanol–water partition coefficient (Wildman–Crippen LogP) is 6.65. The Bertz CT molecular complexity index is 873. The van der Waals surface area contributed by atoms with E-state index in [0.29, 0.717) is 18.0 Å². The zero-order valence-electron chi connectivity index (χ0n) is 18.8. The number of benzene rings is 2. The summed E-state index contributed by atoms with van der Waals surface area (Å²) in [6.07, 6.45) is 6.67. The summed E-state index contributed by atoms with van der Waals surface area (Å²) >= 11 is 0. The lowest BCUT2D eigenvalue weighted by molar-refractivity contribution is 0.158. The van der Waals surface area contributed by atoms with Crippen LogP contribution in [0.5, 0.6) is 0 Å². The van der Waals surface area contributed by atoms with Crippen LogP contribution in [-0.4, -0.2) is 24.0 Å². The van der Waals surface area contributed by atoms with Crippen LogP contribution in [0, 0.1) is 28.9 Å². The van der Waals surface area contributed by atoms with Crippen LogP contribution < -0.4 is 0 Å². The van der Waals surface area contributed by atoms with Gasteiger partial charge in [0.25, 0.3) is 0 Å². The molecule has 2 atom stereocenters. The lowest BCUT2D eigenvalue weighted by Gasteiger charge is -2.42. The largest absolute Gasteiger partial charge is 0.300 e. The van der Waals surface area contributed by atoms with Crippen molar-refractivity contribution in [3.05, 3.63) is 71.3 Å². The van der Waals surface area contributed by atoms with Crippen LogP contribution in [0.15, 0.2) is 48.5 Å². The van der Waals surface area contributed by atoms with Gasteiger partial charge in [-0.25, -0.2) is 8.78 Å². The van der Waals surface area contributed by atoms with E-state index in [0.717, 1.165) is 51.6 Å². The third-order valence-electron chi connectivity index (χ3n) is 7.06. The molecule has 4 heteroatoms. The molecule has 0 radical (unpaired) electrons. The molecule has 0 heterocycles. The Morgan fingerprint density at radius 1 is 1.10 bits per heavy atom. The molecule has 1 aliphatic rings.